The molecule has 9 heteroatoms. The van der Waals surface area contributed by atoms with Gasteiger partial charge >= 0.3 is 5.69 Å². The Morgan fingerprint density at radius 1 is 1.32 bits per heavy atom. The van der Waals surface area contributed by atoms with Crippen molar-refractivity contribution in [2.45, 2.75) is 63.9 Å². The molecule has 0 amide bonds. The zero-order valence-electron chi connectivity index (χ0n) is 14.9. The van der Waals surface area contributed by atoms with Gasteiger partial charge in [-0.1, -0.05) is 0 Å². The zero-order valence-corrected chi connectivity index (χ0v) is 14.9. The van der Waals surface area contributed by atoms with Crippen LogP contribution in [0.15, 0.2) is 21.9 Å². The summed E-state index contributed by atoms with van der Waals surface area (Å²) in [5.74, 6) is 0. The highest BCUT2D eigenvalue weighted by Gasteiger charge is 2.61. The maximum atomic E-state index is 12.2. The number of H-pyrrole nitrogens is 1. The number of nitrogens with one attached hydrogen (secondary N) is 2. The van der Waals surface area contributed by atoms with Crippen LogP contribution < -0.4 is 16.7 Å². The number of nitrogens with zero attached hydrogens (tertiary/aromatic N) is 1. The smallest absolute Gasteiger partial charge is 0.330 e. The molecule has 1 unspecified atom stereocenters. The van der Waals surface area contributed by atoms with Crippen molar-refractivity contribution in [2.24, 2.45) is 0 Å². The van der Waals surface area contributed by atoms with E-state index in [4.69, 9.17) is 19.0 Å². The number of ether oxygens (including phenoxy) is 3. The molecule has 0 saturated carbocycles. The molecule has 9 nitrogen and oxygen atoms in total. The molecule has 2 aliphatic heterocycles. The Morgan fingerprint density at radius 3 is 2.72 bits per heavy atom. The summed E-state index contributed by atoms with van der Waals surface area (Å²) in [6, 6.07) is 1.27. The first-order chi connectivity index (χ1) is 11.8. The van der Waals surface area contributed by atoms with Crippen LogP contribution in [0.1, 0.15) is 33.9 Å². The van der Waals surface area contributed by atoms with E-state index in [1.54, 1.807) is 0 Å². The molecule has 140 valence electrons. The van der Waals surface area contributed by atoms with E-state index in [0.29, 0.717) is 13.2 Å². The highest BCUT2D eigenvalue weighted by molar-refractivity contribution is 5.07. The van der Waals surface area contributed by atoms with E-state index in [-0.39, 0.29) is 12.2 Å². The zero-order chi connectivity index (χ0) is 18.2. The van der Waals surface area contributed by atoms with E-state index in [2.05, 4.69) is 10.5 Å². The minimum Gasteiger partial charge on any atom is -0.376 e. The Kier molecular flexibility index (Phi) is 5.12. The first-order valence-corrected chi connectivity index (χ1v) is 8.47. The molecule has 3 rings (SSSR count). The Morgan fingerprint density at radius 2 is 2.08 bits per heavy atom. The summed E-state index contributed by atoms with van der Waals surface area (Å²) >= 11 is 0. The lowest BCUT2D eigenvalue weighted by molar-refractivity contribution is -0.200. The average Bonchev–Trinajstić information content (AvgIpc) is 2.69. The van der Waals surface area contributed by atoms with Gasteiger partial charge in [0.15, 0.2) is 12.3 Å². The van der Waals surface area contributed by atoms with Crippen molar-refractivity contribution in [1.82, 2.24) is 15.0 Å². The number of aromatic nitrogens is 2. The number of aromatic amines is 1. The second-order valence-electron chi connectivity index (χ2n) is 6.96. The highest BCUT2D eigenvalue weighted by atomic mass is 16.7. The fourth-order valence-electron chi connectivity index (χ4n) is 3.16. The van der Waals surface area contributed by atoms with E-state index < -0.39 is 35.3 Å². The molecule has 0 aliphatic carbocycles. The first kappa shape index (κ1) is 18.3. The minimum absolute atomic E-state index is 0.0221. The molecule has 0 aromatic carbocycles. The number of hydrogen-bond acceptors (Lipinski definition) is 7. The summed E-state index contributed by atoms with van der Waals surface area (Å²) in [5, 5.41) is 0. The molecule has 1 aromatic heterocycles. The molecular formula is C16H25N3O6. The molecule has 1 aromatic rings. The Bertz CT molecular complexity index is 714. The third-order valence-electron chi connectivity index (χ3n) is 4.25. The summed E-state index contributed by atoms with van der Waals surface area (Å²) < 4.78 is 19.4. The van der Waals surface area contributed by atoms with E-state index in [1.165, 1.54) is 16.8 Å². The van der Waals surface area contributed by atoms with Crippen molar-refractivity contribution in [1.29, 1.82) is 0 Å². The third-order valence-corrected chi connectivity index (χ3v) is 4.25. The molecule has 4 atom stereocenters. The monoisotopic (exact) mass is 355 g/mol. The standard InChI is InChI=1S/C16H25N3O6/c1-9(2)22-8-16-7-17-25-12(13(16)23-10(3)4)14(24-16)19-6-5-11(20)18-15(19)21/h5-6,9-10,12-14,17H,7-8H2,1-4H3,(H,18,20,21)/t12-,13?,14+,16+/m0/s1. The van der Waals surface area contributed by atoms with Gasteiger partial charge in [-0.3, -0.25) is 19.2 Å². The SMILES string of the molecule is CC(C)OC[C@]12CNO[C@@H](C1OC(C)C)[C@H](n1ccc(=O)[nH]c1=O)O2. The number of hydrogen-bond donors (Lipinski definition) is 2. The second kappa shape index (κ2) is 7.00. The molecule has 0 spiro atoms. The highest BCUT2D eigenvalue weighted by Crippen LogP contribution is 2.42. The predicted octanol–water partition coefficient (Wildman–Crippen LogP) is -0.0738. The number of rotatable bonds is 6. The van der Waals surface area contributed by atoms with Crippen LogP contribution in [0.5, 0.6) is 0 Å². The van der Waals surface area contributed by atoms with Gasteiger partial charge in [0.25, 0.3) is 5.56 Å². The van der Waals surface area contributed by atoms with Crippen LogP contribution in [0.2, 0.25) is 0 Å². The summed E-state index contributed by atoms with van der Waals surface area (Å²) in [6.45, 7) is 8.40. The van der Waals surface area contributed by atoms with E-state index in [0.717, 1.165) is 0 Å². The molecule has 3 heterocycles. The number of hydroxylamine groups is 1. The molecular weight excluding hydrogens is 330 g/mol. The van der Waals surface area contributed by atoms with Crippen LogP contribution in [-0.2, 0) is 19.0 Å². The lowest BCUT2D eigenvalue weighted by atomic mass is 9.94. The van der Waals surface area contributed by atoms with Gasteiger partial charge < -0.3 is 14.2 Å². The molecule has 0 radical (unpaired) electrons. The van der Waals surface area contributed by atoms with Gasteiger partial charge in [-0.15, -0.1) is 0 Å². The van der Waals surface area contributed by atoms with Crippen molar-refractivity contribution in [3.8, 4) is 0 Å². The van der Waals surface area contributed by atoms with Gasteiger partial charge in [0.2, 0.25) is 0 Å². The van der Waals surface area contributed by atoms with E-state index >= 15 is 0 Å². The van der Waals surface area contributed by atoms with Crippen molar-refractivity contribution >= 4 is 0 Å². The van der Waals surface area contributed by atoms with Gasteiger partial charge in [0, 0.05) is 12.3 Å². The lowest BCUT2D eigenvalue weighted by Crippen LogP contribution is -2.60. The summed E-state index contributed by atoms with van der Waals surface area (Å²) in [6.07, 6.45) is -0.346. The summed E-state index contributed by atoms with van der Waals surface area (Å²) in [5.41, 5.74) is 1.06. The normalized spacial score (nSPS) is 31.8. The van der Waals surface area contributed by atoms with Crippen LogP contribution >= 0.6 is 0 Å². The third kappa shape index (κ3) is 3.56. The van der Waals surface area contributed by atoms with Crippen molar-refractivity contribution in [2.75, 3.05) is 13.2 Å². The van der Waals surface area contributed by atoms with Crippen molar-refractivity contribution in [3.63, 3.8) is 0 Å². The molecule has 2 bridgehead atoms. The van der Waals surface area contributed by atoms with Crippen LogP contribution in [0.4, 0.5) is 0 Å². The maximum Gasteiger partial charge on any atom is 0.330 e. The molecule has 2 N–H and O–H groups in total. The van der Waals surface area contributed by atoms with Crippen LogP contribution in [0.3, 0.4) is 0 Å². The van der Waals surface area contributed by atoms with Crippen LogP contribution in [0, 0.1) is 0 Å². The molecule has 2 fully saturated rings. The second-order valence-corrected chi connectivity index (χ2v) is 6.96. The molecule has 2 aliphatic rings. The molecule has 25 heavy (non-hydrogen) atoms. The van der Waals surface area contributed by atoms with Crippen LogP contribution in [-0.4, -0.2) is 52.7 Å². The molecule has 2 saturated heterocycles. The average molecular weight is 355 g/mol. The largest absolute Gasteiger partial charge is 0.376 e. The van der Waals surface area contributed by atoms with Gasteiger partial charge in [-0.05, 0) is 27.7 Å². The van der Waals surface area contributed by atoms with Gasteiger partial charge in [-0.25, -0.2) is 4.79 Å². The Hall–Kier alpha value is -1.52. The predicted molar refractivity (Wildman–Crippen MR) is 88.1 cm³/mol. The topological polar surface area (TPSA) is 104 Å². The first-order valence-electron chi connectivity index (χ1n) is 8.47. The minimum atomic E-state index is -0.794. The Balaban J connectivity index is 1.96. The van der Waals surface area contributed by atoms with E-state index in [9.17, 15) is 9.59 Å². The summed E-state index contributed by atoms with van der Waals surface area (Å²) in [7, 11) is 0. The van der Waals surface area contributed by atoms with Gasteiger partial charge in [0.05, 0.1) is 25.4 Å². The van der Waals surface area contributed by atoms with Gasteiger partial charge in [0.1, 0.15) is 11.7 Å². The number of fused-ring (bicyclic) bond motifs is 2. The van der Waals surface area contributed by atoms with Crippen molar-refractivity contribution < 1.29 is 19.0 Å². The van der Waals surface area contributed by atoms with E-state index in [1.807, 2.05) is 27.7 Å². The fourth-order valence-corrected chi connectivity index (χ4v) is 3.16. The van der Waals surface area contributed by atoms with Crippen molar-refractivity contribution in [3.05, 3.63) is 33.1 Å². The fraction of sp³-hybridized carbons (Fsp3) is 0.750. The maximum absolute atomic E-state index is 12.2. The van der Waals surface area contributed by atoms with Gasteiger partial charge in [-0.2, -0.15) is 5.48 Å². The summed E-state index contributed by atoms with van der Waals surface area (Å²) in [4.78, 5) is 31.4. The lowest BCUT2D eigenvalue weighted by Gasteiger charge is -2.39. The quantitative estimate of drug-likeness (QED) is 0.736. The Labute approximate surface area is 145 Å². The van der Waals surface area contributed by atoms with Crippen LogP contribution in [0.25, 0.3) is 0 Å².